The number of carbonyl (C=O) groups excluding carboxylic acids is 1. The van der Waals surface area contributed by atoms with E-state index in [0.29, 0.717) is 5.56 Å². The van der Waals surface area contributed by atoms with E-state index < -0.39 is 23.8 Å². The van der Waals surface area contributed by atoms with E-state index >= 15 is 0 Å². The fourth-order valence-corrected chi connectivity index (χ4v) is 2.16. The second-order valence-electron chi connectivity index (χ2n) is 5.08. The maximum Gasteiger partial charge on any atom is 0.416 e. The van der Waals surface area contributed by atoms with Gasteiger partial charge in [0.05, 0.1) is 19.1 Å². The maximum atomic E-state index is 12.5. The molecule has 0 aromatic heterocycles. The largest absolute Gasteiger partial charge is 0.469 e. The minimum Gasteiger partial charge on any atom is -0.469 e. The van der Waals surface area contributed by atoms with E-state index in [-0.39, 0.29) is 6.42 Å². The molecule has 0 fully saturated rings. The number of hydrogen-bond acceptors (Lipinski definition) is 3. The van der Waals surface area contributed by atoms with Crippen molar-refractivity contribution in [2.75, 3.05) is 7.11 Å². The molecule has 0 aliphatic rings. The van der Waals surface area contributed by atoms with Crippen LogP contribution in [0.15, 0.2) is 48.5 Å². The molecule has 0 heterocycles. The third-order valence-corrected chi connectivity index (χ3v) is 3.50. The van der Waals surface area contributed by atoms with Crippen LogP contribution in [0.4, 0.5) is 13.2 Å². The molecule has 0 saturated carbocycles. The molecule has 2 N–H and O–H groups in total. The molecule has 122 valence electrons. The number of methoxy groups -OCH3 is 1. The number of nitrogens with two attached hydrogens (primary N) is 1. The zero-order valence-corrected chi connectivity index (χ0v) is 12.4. The number of halogens is 3. The van der Waals surface area contributed by atoms with Crippen LogP contribution in [0.1, 0.15) is 23.6 Å². The first-order valence-corrected chi connectivity index (χ1v) is 6.91. The summed E-state index contributed by atoms with van der Waals surface area (Å²) in [6, 6.07) is 11.5. The first kappa shape index (κ1) is 17.0. The van der Waals surface area contributed by atoms with Gasteiger partial charge in [0.1, 0.15) is 0 Å². The molecule has 23 heavy (non-hydrogen) atoms. The zero-order chi connectivity index (χ0) is 17.0. The van der Waals surface area contributed by atoms with Gasteiger partial charge in [-0.15, -0.1) is 0 Å². The summed E-state index contributed by atoms with van der Waals surface area (Å²) in [5.74, 6) is -0.399. The molecule has 0 radical (unpaired) electrons. The van der Waals surface area contributed by atoms with Crippen LogP contribution in [0.5, 0.6) is 0 Å². The number of benzene rings is 2. The molecule has 3 nitrogen and oxygen atoms in total. The van der Waals surface area contributed by atoms with Crippen molar-refractivity contribution in [2.45, 2.75) is 18.6 Å². The van der Waals surface area contributed by atoms with Gasteiger partial charge in [-0.05, 0) is 28.8 Å². The van der Waals surface area contributed by atoms with Crippen molar-refractivity contribution in [3.8, 4) is 11.1 Å². The third-order valence-electron chi connectivity index (χ3n) is 3.50. The SMILES string of the molecule is COC(=O)CC(N)c1ccc(-c2ccc(C(F)(F)F)cc2)cc1. The van der Waals surface area contributed by atoms with Gasteiger partial charge in [-0.2, -0.15) is 13.2 Å². The first-order chi connectivity index (χ1) is 10.8. The Labute approximate surface area is 131 Å². The average molecular weight is 323 g/mol. The van der Waals surface area contributed by atoms with E-state index in [1.54, 1.807) is 24.3 Å². The Morgan fingerprint density at radius 1 is 1.04 bits per heavy atom. The molecular formula is C17H16F3NO2. The number of carbonyl (C=O) groups is 1. The monoisotopic (exact) mass is 323 g/mol. The molecule has 2 aromatic carbocycles. The Balaban J connectivity index is 2.15. The molecule has 0 aliphatic heterocycles. The summed E-state index contributed by atoms with van der Waals surface area (Å²) in [5, 5.41) is 0. The fourth-order valence-electron chi connectivity index (χ4n) is 2.16. The van der Waals surface area contributed by atoms with E-state index in [1.807, 2.05) is 0 Å². The fraction of sp³-hybridized carbons (Fsp3) is 0.235. The number of hydrogen-bond donors (Lipinski definition) is 1. The second kappa shape index (κ2) is 6.83. The van der Waals surface area contributed by atoms with Crippen LogP contribution in [0.2, 0.25) is 0 Å². The van der Waals surface area contributed by atoms with Gasteiger partial charge in [0, 0.05) is 6.04 Å². The van der Waals surface area contributed by atoms with E-state index in [1.165, 1.54) is 19.2 Å². The van der Waals surface area contributed by atoms with Gasteiger partial charge in [0.25, 0.3) is 0 Å². The second-order valence-corrected chi connectivity index (χ2v) is 5.08. The predicted molar refractivity (Wildman–Crippen MR) is 80.4 cm³/mol. The van der Waals surface area contributed by atoms with E-state index in [9.17, 15) is 18.0 Å². The normalized spacial score (nSPS) is 12.7. The highest BCUT2D eigenvalue weighted by molar-refractivity contribution is 5.70. The summed E-state index contributed by atoms with van der Waals surface area (Å²) >= 11 is 0. The average Bonchev–Trinajstić information content (AvgIpc) is 2.54. The smallest absolute Gasteiger partial charge is 0.416 e. The molecule has 0 amide bonds. The lowest BCUT2D eigenvalue weighted by Gasteiger charge is -2.12. The zero-order valence-electron chi connectivity index (χ0n) is 12.4. The molecule has 0 aliphatic carbocycles. The van der Waals surface area contributed by atoms with Crippen LogP contribution in [-0.4, -0.2) is 13.1 Å². The summed E-state index contributed by atoms with van der Waals surface area (Å²) < 4.78 is 42.2. The quantitative estimate of drug-likeness (QED) is 0.867. The van der Waals surface area contributed by atoms with Crippen LogP contribution in [-0.2, 0) is 15.7 Å². The van der Waals surface area contributed by atoms with Crippen molar-refractivity contribution in [3.05, 3.63) is 59.7 Å². The summed E-state index contributed by atoms with van der Waals surface area (Å²) in [6.07, 6.45) is -4.28. The van der Waals surface area contributed by atoms with Gasteiger partial charge in [0.15, 0.2) is 0 Å². The molecule has 0 bridgehead atoms. The lowest BCUT2D eigenvalue weighted by atomic mass is 9.99. The molecule has 0 saturated heterocycles. The van der Waals surface area contributed by atoms with Gasteiger partial charge in [-0.1, -0.05) is 36.4 Å². The summed E-state index contributed by atoms with van der Waals surface area (Å²) in [5.41, 5.74) is 7.42. The van der Waals surface area contributed by atoms with Crippen molar-refractivity contribution in [1.82, 2.24) is 0 Å². The minimum absolute atomic E-state index is 0.0656. The van der Waals surface area contributed by atoms with Crippen LogP contribution in [0, 0.1) is 0 Å². The van der Waals surface area contributed by atoms with Crippen LogP contribution in [0.25, 0.3) is 11.1 Å². The highest BCUT2D eigenvalue weighted by Crippen LogP contribution is 2.31. The van der Waals surface area contributed by atoms with E-state index in [0.717, 1.165) is 23.3 Å². The molecule has 2 rings (SSSR count). The van der Waals surface area contributed by atoms with Crippen molar-refractivity contribution in [2.24, 2.45) is 5.73 Å². The Kier molecular flexibility index (Phi) is 5.05. The summed E-state index contributed by atoms with van der Waals surface area (Å²) in [7, 11) is 1.29. The Morgan fingerprint density at radius 2 is 1.52 bits per heavy atom. The minimum atomic E-state index is -4.34. The van der Waals surface area contributed by atoms with Crippen LogP contribution in [0.3, 0.4) is 0 Å². The summed E-state index contributed by atoms with van der Waals surface area (Å²) in [4.78, 5) is 11.2. The van der Waals surface area contributed by atoms with Crippen LogP contribution < -0.4 is 5.73 Å². The lowest BCUT2D eigenvalue weighted by molar-refractivity contribution is -0.141. The third kappa shape index (κ3) is 4.32. The highest BCUT2D eigenvalue weighted by atomic mass is 19.4. The lowest BCUT2D eigenvalue weighted by Crippen LogP contribution is -2.16. The number of alkyl halides is 3. The van der Waals surface area contributed by atoms with Gasteiger partial charge in [-0.25, -0.2) is 0 Å². The van der Waals surface area contributed by atoms with Gasteiger partial charge < -0.3 is 10.5 Å². The summed E-state index contributed by atoms with van der Waals surface area (Å²) in [6.45, 7) is 0. The molecule has 1 atom stereocenters. The van der Waals surface area contributed by atoms with Crippen molar-refractivity contribution in [3.63, 3.8) is 0 Å². The molecule has 6 heteroatoms. The predicted octanol–water partition coefficient (Wildman–Crippen LogP) is 3.94. The van der Waals surface area contributed by atoms with Gasteiger partial charge in [-0.3, -0.25) is 4.79 Å². The Hall–Kier alpha value is -2.34. The standard InChI is InChI=1S/C17H16F3NO2/c1-23-16(22)10-15(21)13-4-2-11(3-5-13)12-6-8-14(9-7-12)17(18,19)20/h2-9,15H,10,21H2,1H3. The molecular weight excluding hydrogens is 307 g/mol. The number of ether oxygens (including phenoxy) is 1. The molecule has 2 aromatic rings. The Morgan fingerprint density at radius 3 is 1.96 bits per heavy atom. The maximum absolute atomic E-state index is 12.5. The van der Waals surface area contributed by atoms with Crippen molar-refractivity contribution < 1.29 is 22.7 Å². The van der Waals surface area contributed by atoms with E-state index in [4.69, 9.17) is 5.73 Å². The van der Waals surface area contributed by atoms with Gasteiger partial charge >= 0.3 is 12.1 Å². The molecule has 1 unspecified atom stereocenters. The number of esters is 1. The highest BCUT2D eigenvalue weighted by Gasteiger charge is 2.29. The number of rotatable bonds is 4. The van der Waals surface area contributed by atoms with Gasteiger partial charge in [0.2, 0.25) is 0 Å². The first-order valence-electron chi connectivity index (χ1n) is 6.91. The van der Waals surface area contributed by atoms with Crippen molar-refractivity contribution in [1.29, 1.82) is 0 Å². The van der Waals surface area contributed by atoms with E-state index in [2.05, 4.69) is 4.74 Å². The van der Waals surface area contributed by atoms with Crippen molar-refractivity contribution >= 4 is 5.97 Å². The Bertz CT molecular complexity index is 664. The molecule has 0 spiro atoms. The topological polar surface area (TPSA) is 52.3 Å². The van der Waals surface area contributed by atoms with Crippen LogP contribution >= 0.6 is 0 Å².